The molecule has 0 N–H and O–H groups in total. The molecule has 2 saturated heterocycles. The van der Waals surface area contributed by atoms with E-state index in [4.69, 9.17) is 32.7 Å². The molecule has 1 aliphatic carbocycles. The Balaban J connectivity index is 1.10. The number of piperidine rings is 1. The van der Waals surface area contributed by atoms with Crippen LogP contribution >= 0.6 is 34.5 Å². The van der Waals surface area contributed by atoms with Crippen molar-refractivity contribution in [3.8, 4) is 11.3 Å². The van der Waals surface area contributed by atoms with Crippen LogP contribution in [0.25, 0.3) is 21.5 Å². The van der Waals surface area contributed by atoms with E-state index in [9.17, 15) is 4.79 Å². The molecule has 0 spiro atoms. The first-order valence-electron chi connectivity index (χ1n) is 13.6. The maximum atomic E-state index is 11.8. The molecule has 2 aliphatic heterocycles. The number of thiazole rings is 1. The van der Waals surface area contributed by atoms with Gasteiger partial charge in [-0.1, -0.05) is 45.8 Å². The number of nitrogens with zero attached hydrogens (tertiary/aromatic N) is 3. The van der Waals surface area contributed by atoms with Gasteiger partial charge in [0.05, 0.1) is 20.3 Å². The molecule has 2 aromatic carbocycles. The first kappa shape index (κ1) is 24.6. The lowest BCUT2D eigenvalue weighted by molar-refractivity contribution is 0.101. The first-order valence-corrected chi connectivity index (χ1v) is 15.2. The van der Waals surface area contributed by atoms with Crippen LogP contribution in [0.15, 0.2) is 40.9 Å². The average Bonchev–Trinajstić information content (AvgIpc) is 3.42. The van der Waals surface area contributed by atoms with Crippen LogP contribution in [0, 0.1) is 5.92 Å². The fourth-order valence-corrected chi connectivity index (χ4v) is 8.30. The topological polar surface area (TPSA) is 59.2 Å². The molecule has 3 fully saturated rings. The fourth-order valence-electron chi connectivity index (χ4n) is 6.58. The molecule has 2 bridgehead atoms. The molecule has 2 aromatic heterocycles. The van der Waals surface area contributed by atoms with Gasteiger partial charge in [0, 0.05) is 34.7 Å². The zero-order valence-electron chi connectivity index (χ0n) is 21.3. The van der Waals surface area contributed by atoms with Gasteiger partial charge in [-0.3, -0.25) is 4.79 Å². The highest BCUT2D eigenvalue weighted by molar-refractivity contribution is 7.22. The third kappa shape index (κ3) is 4.35. The largest absolute Gasteiger partial charge is 0.360 e. The number of carbonyl (C=O) groups is 1. The molecule has 8 heteroatoms. The van der Waals surface area contributed by atoms with Crippen molar-refractivity contribution < 1.29 is 9.32 Å². The van der Waals surface area contributed by atoms with Crippen LogP contribution in [0.2, 0.25) is 10.0 Å². The van der Waals surface area contributed by atoms with Crippen molar-refractivity contribution in [1.82, 2.24) is 10.1 Å². The zero-order chi connectivity index (χ0) is 26.0. The molecule has 4 heterocycles. The summed E-state index contributed by atoms with van der Waals surface area (Å²) in [7, 11) is 0. The van der Waals surface area contributed by atoms with Gasteiger partial charge in [0.2, 0.25) is 0 Å². The summed E-state index contributed by atoms with van der Waals surface area (Å²) in [6, 6.07) is 12.5. The molecular formula is C30H29Cl2N3O2S. The van der Waals surface area contributed by atoms with Gasteiger partial charge in [-0.25, -0.2) is 4.98 Å². The highest BCUT2D eigenvalue weighted by Crippen LogP contribution is 2.48. The SMILES string of the molecule is CC(=O)c1ccc2nc(N3C4CCC3CC(CCc3c(-c5c(Cl)cccc5Cl)noc3C3CC3)C4)sc2c1. The molecule has 3 aliphatic rings. The third-order valence-electron chi connectivity index (χ3n) is 8.60. The minimum Gasteiger partial charge on any atom is -0.360 e. The van der Waals surface area contributed by atoms with Crippen LogP contribution in [0.3, 0.4) is 0 Å². The number of halogens is 2. The van der Waals surface area contributed by atoms with E-state index in [0.29, 0.717) is 34.0 Å². The van der Waals surface area contributed by atoms with Gasteiger partial charge in [-0.2, -0.15) is 0 Å². The molecule has 2 unspecified atom stereocenters. The van der Waals surface area contributed by atoms with Gasteiger partial charge in [-0.15, -0.1) is 0 Å². The Bertz CT molecular complexity index is 1510. The Morgan fingerprint density at radius 1 is 1.08 bits per heavy atom. The number of hydrogen-bond acceptors (Lipinski definition) is 6. The summed E-state index contributed by atoms with van der Waals surface area (Å²) in [5.74, 6) is 2.27. The van der Waals surface area contributed by atoms with Crippen LogP contribution in [0.5, 0.6) is 0 Å². The Hall–Kier alpha value is -2.41. The molecule has 7 rings (SSSR count). The molecule has 38 heavy (non-hydrogen) atoms. The minimum absolute atomic E-state index is 0.0976. The maximum Gasteiger partial charge on any atom is 0.186 e. The van der Waals surface area contributed by atoms with Crippen molar-refractivity contribution in [1.29, 1.82) is 0 Å². The second-order valence-electron chi connectivity index (χ2n) is 11.1. The maximum absolute atomic E-state index is 11.8. The predicted octanol–water partition coefficient (Wildman–Crippen LogP) is 8.72. The van der Waals surface area contributed by atoms with Crippen molar-refractivity contribution in [2.75, 3.05) is 4.90 Å². The number of Topliss-reactive ketones (excluding diaryl/α,β-unsaturated/α-hetero) is 1. The van der Waals surface area contributed by atoms with E-state index >= 15 is 0 Å². The molecule has 0 radical (unpaired) electrons. The van der Waals surface area contributed by atoms with Crippen LogP contribution in [0.4, 0.5) is 5.13 Å². The minimum atomic E-state index is 0.0976. The first-order chi connectivity index (χ1) is 18.5. The summed E-state index contributed by atoms with van der Waals surface area (Å²) >= 11 is 14.9. The van der Waals surface area contributed by atoms with Crippen LogP contribution in [-0.2, 0) is 6.42 Å². The number of hydrogen-bond donors (Lipinski definition) is 0. The standard InChI is InChI=1S/C30H29Cl2N3O2S/c1-16(36)19-8-12-25-26(15-19)38-30(33-25)35-20-9-10-21(35)14-17(13-20)5-11-22-28(34-37-29(22)18-6-7-18)27-23(31)3-2-4-24(27)32/h2-4,8,12,15,17-18,20-21H,5-7,9-11,13-14H2,1H3. The van der Waals surface area contributed by atoms with Crippen molar-refractivity contribution in [3.63, 3.8) is 0 Å². The van der Waals surface area contributed by atoms with E-state index in [2.05, 4.69) is 10.1 Å². The summed E-state index contributed by atoms with van der Waals surface area (Å²) in [5, 5.41) is 6.83. The van der Waals surface area contributed by atoms with E-state index < -0.39 is 0 Å². The molecular weight excluding hydrogens is 537 g/mol. The fraction of sp³-hybridized carbons (Fsp3) is 0.433. The van der Waals surface area contributed by atoms with Gasteiger partial charge in [0.15, 0.2) is 10.9 Å². The van der Waals surface area contributed by atoms with Crippen LogP contribution in [0.1, 0.15) is 79.5 Å². The second kappa shape index (κ2) is 9.65. The quantitative estimate of drug-likeness (QED) is 0.209. The number of fused-ring (bicyclic) bond motifs is 3. The number of rotatable bonds is 7. The van der Waals surface area contributed by atoms with E-state index in [1.165, 1.54) is 31.2 Å². The Morgan fingerprint density at radius 3 is 2.50 bits per heavy atom. The molecule has 0 amide bonds. The average molecular weight is 567 g/mol. The number of carbonyl (C=O) groups excluding carboxylic acids is 1. The van der Waals surface area contributed by atoms with Gasteiger partial charge in [0.1, 0.15) is 11.5 Å². The summed E-state index contributed by atoms with van der Waals surface area (Å²) in [6.07, 6.45) is 9.17. The smallest absolute Gasteiger partial charge is 0.186 e. The summed E-state index contributed by atoms with van der Waals surface area (Å²) in [4.78, 5) is 19.4. The number of aromatic nitrogens is 2. The number of anilines is 1. The van der Waals surface area contributed by atoms with E-state index in [0.717, 1.165) is 63.6 Å². The molecule has 1 saturated carbocycles. The third-order valence-corrected chi connectivity index (χ3v) is 10.3. The van der Waals surface area contributed by atoms with Gasteiger partial charge >= 0.3 is 0 Å². The van der Waals surface area contributed by atoms with E-state index in [-0.39, 0.29) is 5.78 Å². The van der Waals surface area contributed by atoms with Gasteiger partial charge in [0.25, 0.3) is 0 Å². The highest BCUT2D eigenvalue weighted by Gasteiger charge is 2.42. The lowest BCUT2D eigenvalue weighted by atomic mass is 9.85. The molecule has 4 aromatic rings. The number of ketones is 1. The normalized spacial score (nSPS) is 22.9. The van der Waals surface area contributed by atoms with E-state index in [1.54, 1.807) is 18.3 Å². The zero-order valence-corrected chi connectivity index (χ0v) is 23.6. The molecule has 196 valence electrons. The van der Waals surface area contributed by atoms with Crippen LogP contribution in [-0.4, -0.2) is 28.0 Å². The van der Waals surface area contributed by atoms with Crippen molar-refractivity contribution >= 4 is 55.7 Å². The van der Waals surface area contributed by atoms with Crippen molar-refractivity contribution in [2.24, 2.45) is 5.92 Å². The van der Waals surface area contributed by atoms with Gasteiger partial charge < -0.3 is 9.42 Å². The predicted molar refractivity (Wildman–Crippen MR) is 154 cm³/mol. The lowest BCUT2D eigenvalue weighted by Crippen LogP contribution is -2.43. The summed E-state index contributed by atoms with van der Waals surface area (Å²) in [6.45, 7) is 1.62. The van der Waals surface area contributed by atoms with Gasteiger partial charge in [-0.05, 0) is 94.5 Å². The van der Waals surface area contributed by atoms with E-state index in [1.807, 2.05) is 36.4 Å². The summed E-state index contributed by atoms with van der Waals surface area (Å²) < 4.78 is 7.00. The molecule has 5 nitrogen and oxygen atoms in total. The van der Waals surface area contributed by atoms with Crippen LogP contribution < -0.4 is 4.90 Å². The number of benzene rings is 2. The lowest BCUT2D eigenvalue weighted by Gasteiger charge is -2.39. The van der Waals surface area contributed by atoms with Crippen molar-refractivity contribution in [3.05, 3.63) is 63.3 Å². The highest BCUT2D eigenvalue weighted by atomic mass is 35.5. The Labute approximate surface area is 236 Å². The monoisotopic (exact) mass is 565 g/mol. The summed E-state index contributed by atoms with van der Waals surface area (Å²) in [5.41, 5.74) is 4.56. The Kier molecular flexibility index (Phi) is 6.25. The Morgan fingerprint density at radius 2 is 1.82 bits per heavy atom. The molecule has 2 atom stereocenters. The second-order valence-corrected chi connectivity index (χ2v) is 13.0. The van der Waals surface area contributed by atoms with Crippen molar-refractivity contribution in [2.45, 2.75) is 76.3 Å².